The standard InChI is InChI=1S/C17H24N4O3/c18-14(10-12-11-21-15-7-3-2-6-13(12)15)16(22)19-8-4-1-5-9-20-17(23)24/h2-3,6-7,11,14,20-21H,1,4-5,8-10,18H2,(H,19,22)(H,23,24)/t14-/m1/s1. The number of carbonyl (C=O) groups is 2. The number of rotatable bonds is 9. The zero-order chi connectivity index (χ0) is 17.4. The third kappa shape index (κ3) is 5.27. The van der Waals surface area contributed by atoms with E-state index in [1.54, 1.807) is 0 Å². The minimum Gasteiger partial charge on any atom is -0.465 e. The van der Waals surface area contributed by atoms with Crippen LogP contribution >= 0.6 is 0 Å². The molecule has 0 saturated carbocycles. The van der Waals surface area contributed by atoms with Crippen LogP contribution in [0.25, 0.3) is 10.9 Å². The maximum Gasteiger partial charge on any atom is 0.404 e. The third-order valence-corrected chi connectivity index (χ3v) is 3.88. The number of fused-ring (bicyclic) bond motifs is 1. The lowest BCUT2D eigenvalue weighted by Gasteiger charge is -2.12. The van der Waals surface area contributed by atoms with Gasteiger partial charge in [0.15, 0.2) is 0 Å². The molecule has 2 rings (SSSR count). The fourth-order valence-electron chi connectivity index (χ4n) is 2.59. The summed E-state index contributed by atoms with van der Waals surface area (Å²) in [5, 5.41) is 14.7. The summed E-state index contributed by atoms with van der Waals surface area (Å²) in [5.74, 6) is -0.163. The molecule has 0 aliphatic rings. The second kappa shape index (κ2) is 8.93. The number of benzene rings is 1. The Kier molecular flexibility index (Phi) is 6.62. The summed E-state index contributed by atoms with van der Waals surface area (Å²) in [5.41, 5.74) is 8.07. The van der Waals surface area contributed by atoms with Gasteiger partial charge in [0.2, 0.25) is 5.91 Å². The molecular weight excluding hydrogens is 308 g/mol. The monoisotopic (exact) mass is 332 g/mol. The number of nitrogens with one attached hydrogen (secondary N) is 3. The molecule has 1 aromatic heterocycles. The Bertz CT molecular complexity index is 683. The number of nitrogens with two attached hydrogens (primary N) is 1. The van der Waals surface area contributed by atoms with Gasteiger partial charge in [-0.1, -0.05) is 18.2 Å². The number of hydrogen-bond acceptors (Lipinski definition) is 3. The van der Waals surface area contributed by atoms with Crippen molar-refractivity contribution < 1.29 is 14.7 Å². The molecule has 130 valence electrons. The van der Waals surface area contributed by atoms with Crippen molar-refractivity contribution in [1.82, 2.24) is 15.6 Å². The van der Waals surface area contributed by atoms with Crippen LogP contribution in [0.4, 0.5) is 4.79 Å². The molecule has 6 N–H and O–H groups in total. The van der Waals surface area contributed by atoms with E-state index in [9.17, 15) is 9.59 Å². The first-order valence-electron chi connectivity index (χ1n) is 8.13. The minimum atomic E-state index is -1.01. The molecule has 0 radical (unpaired) electrons. The highest BCUT2D eigenvalue weighted by molar-refractivity contribution is 5.86. The number of carbonyl (C=O) groups excluding carboxylic acids is 1. The molecule has 1 atom stereocenters. The van der Waals surface area contributed by atoms with Crippen LogP contribution in [0, 0.1) is 0 Å². The van der Waals surface area contributed by atoms with Crippen molar-refractivity contribution in [3.8, 4) is 0 Å². The second-order valence-electron chi connectivity index (χ2n) is 5.75. The molecule has 0 fully saturated rings. The number of para-hydroxylation sites is 1. The fourth-order valence-corrected chi connectivity index (χ4v) is 2.59. The van der Waals surface area contributed by atoms with Crippen molar-refractivity contribution >= 4 is 22.9 Å². The average molecular weight is 332 g/mol. The van der Waals surface area contributed by atoms with Crippen LogP contribution in [-0.4, -0.2) is 41.2 Å². The predicted octanol–water partition coefficient (Wildman–Crippen LogP) is 1.59. The van der Waals surface area contributed by atoms with Gasteiger partial charge in [0.05, 0.1) is 6.04 Å². The minimum absolute atomic E-state index is 0.163. The molecule has 2 amide bonds. The third-order valence-electron chi connectivity index (χ3n) is 3.88. The summed E-state index contributed by atoms with van der Waals surface area (Å²) in [7, 11) is 0. The van der Waals surface area contributed by atoms with E-state index < -0.39 is 12.1 Å². The zero-order valence-corrected chi connectivity index (χ0v) is 13.5. The van der Waals surface area contributed by atoms with Gasteiger partial charge in [0, 0.05) is 30.2 Å². The number of aromatic amines is 1. The topological polar surface area (TPSA) is 120 Å². The number of carboxylic acid groups (broad SMARTS) is 1. The van der Waals surface area contributed by atoms with E-state index in [0.717, 1.165) is 35.7 Å². The second-order valence-corrected chi connectivity index (χ2v) is 5.75. The summed E-state index contributed by atoms with van der Waals surface area (Å²) in [6.07, 6.45) is 3.77. The molecule has 24 heavy (non-hydrogen) atoms. The van der Waals surface area contributed by atoms with Gasteiger partial charge in [-0.2, -0.15) is 0 Å². The van der Waals surface area contributed by atoms with Crippen LogP contribution in [0.5, 0.6) is 0 Å². The van der Waals surface area contributed by atoms with E-state index in [4.69, 9.17) is 10.8 Å². The molecule has 0 aliphatic heterocycles. The van der Waals surface area contributed by atoms with Gasteiger partial charge in [-0.15, -0.1) is 0 Å². The molecule has 1 heterocycles. The summed E-state index contributed by atoms with van der Waals surface area (Å²) >= 11 is 0. The normalized spacial score (nSPS) is 12.0. The van der Waals surface area contributed by atoms with E-state index in [1.807, 2.05) is 30.5 Å². The summed E-state index contributed by atoms with van der Waals surface area (Å²) in [4.78, 5) is 25.5. The van der Waals surface area contributed by atoms with Crippen molar-refractivity contribution in [2.24, 2.45) is 5.73 Å². The highest BCUT2D eigenvalue weighted by atomic mass is 16.4. The number of aromatic nitrogens is 1. The summed E-state index contributed by atoms with van der Waals surface area (Å²) in [6, 6.07) is 7.34. The van der Waals surface area contributed by atoms with E-state index >= 15 is 0 Å². The Balaban J connectivity index is 1.68. The largest absolute Gasteiger partial charge is 0.465 e. The van der Waals surface area contributed by atoms with Crippen LogP contribution in [0.1, 0.15) is 24.8 Å². The van der Waals surface area contributed by atoms with Gasteiger partial charge in [0.25, 0.3) is 0 Å². The van der Waals surface area contributed by atoms with Gasteiger partial charge in [-0.25, -0.2) is 4.79 Å². The molecule has 7 nitrogen and oxygen atoms in total. The van der Waals surface area contributed by atoms with E-state index in [0.29, 0.717) is 19.5 Å². The van der Waals surface area contributed by atoms with E-state index in [1.165, 1.54) is 0 Å². The first kappa shape index (κ1) is 17.8. The fraction of sp³-hybridized carbons (Fsp3) is 0.412. The first-order chi connectivity index (χ1) is 11.6. The Hall–Kier alpha value is -2.54. The highest BCUT2D eigenvalue weighted by Crippen LogP contribution is 2.18. The quantitative estimate of drug-likeness (QED) is 0.448. The van der Waals surface area contributed by atoms with Gasteiger partial charge >= 0.3 is 6.09 Å². The maximum atomic E-state index is 12.0. The molecule has 2 aromatic rings. The van der Waals surface area contributed by atoms with E-state index in [-0.39, 0.29) is 5.91 Å². The number of hydrogen-bond donors (Lipinski definition) is 5. The maximum absolute atomic E-state index is 12.0. The van der Waals surface area contributed by atoms with Gasteiger partial charge in [0.1, 0.15) is 0 Å². The molecule has 0 unspecified atom stereocenters. The number of H-pyrrole nitrogens is 1. The first-order valence-corrected chi connectivity index (χ1v) is 8.13. The lowest BCUT2D eigenvalue weighted by Crippen LogP contribution is -2.42. The van der Waals surface area contributed by atoms with Gasteiger partial charge in [-0.3, -0.25) is 4.79 Å². The van der Waals surface area contributed by atoms with Crippen LogP contribution in [0.15, 0.2) is 30.5 Å². The number of amides is 2. The number of unbranched alkanes of at least 4 members (excludes halogenated alkanes) is 2. The van der Waals surface area contributed by atoms with Gasteiger partial charge < -0.3 is 26.5 Å². The van der Waals surface area contributed by atoms with Crippen LogP contribution < -0.4 is 16.4 Å². The molecule has 7 heteroatoms. The van der Waals surface area contributed by atoms with Crippen molar-refractivity contribution in [3.05, 3.63) is 36.0 Å². The Morgan fingerprint density at radius 3 is 2.58 bits per heavy atom. The lowest BCUT2D eigenvalue weighted by atomic mass is 10.1. The van der Waals surface area contributed by atoms with Crippen molar-refractivity contribution in [2.45, 2.75) is 31.7 Å². The smallest absolute Gasteiger partial charge is 0.404 e. The molecule has 1 aromatic carbocycles. The van der Waals surface area contributed by atoms with E-state index in [2.05, 4.69) is 15.6 Å². The van der Waals surface area contributed by atoms with Crippen LogP contribution in [0.2, 0.25) is 0 Å². The predicted molar refractivity (Wildman–Crippen MR) is 92.9 cm³/mol. The van der Waals surface area contributed by atoms with Crippen molar-refractivity contribution in [1.29, 1.82) is 0 Å². The Morgan fingerprint density at radius 2 is 1.83 bits per heavy atom. The molecule has 0 aliphatic carbocycles. The SMILES string of the molecule is N[C@H](Cc1c[nH]c2ccccc12)C(=O)NCCCCCNC(=O)O. The Labute approximate surface area is 140 Å². The van der Waals surface area contributed by atoms with Crippen molar-refractivity contribution in [3.63, 3.8) is 0 Å². The van der Waals surface area contributed by atoms with Crippen LogP contribution in [0.3, 0.4) is 0 Å². The van der Waals surface area contributed by atoms with Crippen LogP contribution in [-0.2, 0) is 11.2 Å². The molecule has 0 saturated heterocycles. The zero-order valence-electron chi connectivity index (χ0n) is 13.5. The van der Waals surface area contributed by atoms with Crippen molar-refractivity contribution in [2.75, 3.05) is 13.1 Å². The molecular formula is C17H24N4O3. The summed E-state index contributed by atoms with van der Waals surface area (Å²) in [6.45, 7) is 0.983. The highest BCUT2D eigenvalue weighted by Gasteiger charge is 2.15. The van der Waals surface area contributed by atoms with Gasteiger partial charge in [-0.05, 0) is 37.3 Å². The molecule has 0 bridgehead atoms. The average Bonchev–Trinajstić information content (AvgIpc) is 2.96. The lowest BCUT2D eigenvalue weighted by molar-refractivity contribution is -0.122. The summed E-state index contributed by atoms with van der Waals surface area (Å²) < 4.78 is 0. The molecule has 0 spiro atoms. The Morgan fingerprint density at radius 1 is 1.12 bits per heavy atom.